The molecule has 0 heterocycles. The fourth-order valence-electron chi connectivity index (χ4n) is 2.41. The smallest absolute Gasteiger partial charge is 0.191 e. The largest absolute Gasteiger partial charge is 0.508 e. The minimum atomic E-state index is -0.319. The van der Waals surface area contributed by atoms with Crippen molar-refractivity contribution in [2.24, 2.45) is 4.99 Å². The lowest BCUT2D eigenvalue weighted by atomic mass is 10.1. The van der Waals surface area contributed by atoms with E-state index in [-0.39, 0.29) is 17.7 Å². The summed E-state index contributed by atoms with van der Waals surface area (Å²) >= 11 is 0. The minimum Gasteiger partial charge on any atom is -0.508 e. The molecular formula is C20H26FN3O2. The van der Waals surface area contributed by atoms with Crippen molar-refractivity contribution in [3.05, 3.63) is 59.9 Å². The molecule has 0 saturated heterocycles. The molecule has 0 aliphatic heterocycles. The Morgan fingerprint density at radius 3 is 2.73 bits per heavy atom. The number of rotatable bonds is 8. The number of nitrogens with zero attached hydrogens (tertiary/aromatic N) is 1. The summed E-state index contributed by atoms with van der Waals surface area (Å²) in [5.74, 6) is 1.14. The molecule has 0 aromatic heterocycles. The number of nitrogens with one attached hydrogen (secondary N) is 2. The predicted octanol–water partition coefficient (Wildman–Crippen LogP) is 3.10. The molecule has 0 radical (unpaired) electrons. The van der Waals surface area contributed by atoms with Gasteiger partial charge in [-0.1, -0.05) is 18.2 Å². The van der Waals surface area contributed by atoms with E-state index in [1.165, 1.54) is 12.1 Å². The van der Waals surface area contributed by atoms with Gasteiger partial charge in [-0.25, -0.2) is 9.38 Å². The van der Waals surface area contributed by atoms with Crippen molar-refractivity contribution in [1.82, 2.24) is 10.6 Å². The number of phenols is 1. The van der Waals surface area contributed by atoms with E-state index in [1.54, 1.807) is 24.3 Å². The van der Waals surface area contributed by atoms with E-state index >= 15 is 0 Å². The molecular weight excluding hydrogens is 333 g/mol. The van der Waals surface area contributed by atoms with Gasteiger partial charge in [0.15, 0.2) is 5.96 Å². The van der Waals surface area contributed by atoms with Crippen molar-refractivity contribution in [3.8, 4) is 11.5 Å². The third-order valence-corrected chi connectivity index (χ3v) is 3.60. The van der Waals surface area contributed by atoms with Crippen LogP contribution in [0.2, 0.25) is 0 Å². The van der Waals surface area contributed by atoms with Crippen LogP contribution in [-0.2, 0) is 6.42 Å². The molecule has 0 aliphatic rings. The van der Waals surface area contributed by atoms with Crippen LogP contribution in [0.1, 0.15) is 19.4 Å². The van der Waals surface area contributed by atoms with Crippen molar-refractivity contribution in [1.29, 1.82) is 0 Å². The van der Waals surface area contributed by atoms with Gasteiger partial charge in [-0.15, -0.1) is 0 Å². The van der Waals surface area contributed by atoms with E-state index in [0.717, 1.165) is 18.5 Å². The van der Waals surface area contributed by atoms with Crippen LogP contribution in [0.15, 0.2) is 53.5 Å². The number of phenolic OH excluding ortho intramolecular Hbond substituents is 1. The quantitative estimate of drug-likeness (QED) is 0.501. The first kappa shape index (κ1) is 19.6. The zero-order chi connectivity index (χ0) is 18.8. The average Bonchev–Trinajstić information content (AvgIpc) is 2.60. The van der Waals surface area contributed by atoms with Crippen LogP contribution < -0.4 is 15.4 Å². The Bertz CT molecular complexity index is 722. The molecule has 0 bridgehead atoms. The zero-order valence-electron chi connectivity index (χ0n) is 15.2. The first-order chi connectivity index (χ1) is 12.6. The van der Waals surface area contributed by atoms with Gasteiger partial charge in [-0.05, 0) is 50.1 Å². The van der Waals surface area contributed by atoms with Crippen LogP contribution >= 0.6 is 0 Å². The van der Waals surface area contributed by atoms with E-state index in [4.69, 9.17) is 4.74 Å². The summed E-state index contributed by atoms with van der Waals surface area (Å²) in [4.78, 5) is 4.51. The molecule has 1 unspecified atom stereocenters. The van der Waals surface area contributed by atoms with Crippen molar-refractivity contribution in [2.45, 2.75) is 26.4 Å². The summed E-state index contributed by atoms with van der Waals surface area (Å²) in [7, 11) is 0. The Kier molecular flexibility index (Phi) is 7.74. The van der Waals surface area contributed by atoms with Crippen molar-refractivity contribution in [2.75, 3.05) is 19.6 Å². The molecule has 2 rings (SSSR count). The van der Waals surface area contributed by atoms with E-state index in [1.807, 2.05) is 26.0 Å². The number of halogens is 1. The summed E-state index contributed by atoms with van der Waals surface area (Å²) < 4.78 is 18.9. The van der Waals surface area contributed by atoms with E-state index < -0.39 is 0 Å². The molecule has 1 atom stereocenters. The van der Waals surface area contributed by atoms with Crippen LogP contribution in [0.3, 0.4) is 0 Å². The Balaban J connectivity index is 1.83. The molecule has 0 amide bonds. The highest BCUT2D eigenvalue weighted by molar-refractivity contribution is 5.79. The van der Waals surface area contributed by atoms with Gasteiger partial charge >= 0.3 is 0 Å². The Morgan fingerprint density at radius 1 is 1.19 bits per heavy atom. The summed E-state index contributed by atoms with van der Waals surface area (Å²) in [5, 5.41) is 15.9. The first-order valence-electron chi connectivity index (χ1n) is 8.79. The lowest BCUT2D eigenvalue weighted by Crippen LogP contribution is -2.39. The zero-order valence-corrected chi connectivity index (χ0v) is 15.2. The average molecular weight is 359 g/mol. The van der Waals surface area contributed by atoms with Gasteiger partial charge in [0.05, 0.1) is 6.54 Å². The standard InChI is InChI=1S/C20H26FN3O2/c1-3-22-20(23-11-10-16-6-4-8-18(25)12-16)24-14-15(2)26-19-9-5-7-17(21)13-19/h4-9,12-13,15,25H,3,10-11,14H2,1-2H3,(H2,22,23,24). The number of benzene rings is 2. The van der Waals surface area contributed by atoms with Crippen LogP contribution in [0.4, 0.5) is 4.39 Å². The summed E-state index contributed by atoms with van der Waals surface area (Å²) in [6.45, 7) is 5.77. The summed E-state index contributed by atoms with van der Waals surface area (Å²) in [6.07, 6.45) is 0.590. The van der Waals surface area contributed by atoms with E-state index in [2.05, 4.69) is 15.6 Å². The molecule has 6 heteroatoms. The number of aliphatic imine (C=N–C) groups is 1. The summed E-state index contributed by atoms with van der Waals surface area (Å²) in [5.41, 5.74) is 1.05. The molecule has 0 saturated carbocycles. The molecule has 5 nitrogen and oxygen atoms in total. The number of hydrogen-bond donors (Lipinski definition) is 3. The molecule has 2 aromatic carbocycles. The van der Waals surface area contributed by atoms with Crippen molar-refractivity contribution < 1.29 is 14.2 Å². The van der Waals surface area contributed by atoms with E-state index in [9.17, 15) is 9.50 Å². The molecule has 0 aliphatic carbocycles. The van der Waals surface area contributed by atoms with Gasteiger partial charge in [0.2, 0.25) is 0 Å². The molecule has 0 fully saturated rings. The van der Waals surface area contributed by atoms with Gasteiger partial charge in [0, 0.05) is 19.2 Å². The third kappa shape index (κ3) is 7.01. The maximum atomic E-state index is 13.2. The fourth-order valence-corrected chi connectivity index (χ4v) is 2.41. The molecule has 140 valence electrons. The molecule has 3 N–H and O–H groups in total. The monoisotopic (exact) mass is 359 g/mol. The number of guanidine groups is 1. The van der Waals surface area contributed by atoms with Gasteiger partial charge in [-0.2, -0.15) is 0 Å². The number of ether oxygens (including phenoxy) is 1. The maximum absolute atomic E-state index is 13.2. The fraction of sp³-hybridized carbons (Fsp3) is 0.350. The highest BCUT2D eigenvalue weighted by Gasteiger charge is 2.05. The number of aromatic hydroxyl groups is 1. The predicted molar refractivity (Wildman–Crippen MR) is 102 cm³/mol. The first-order valence-corrected chi connectivity index (χ1v) is 8.79. The Morgan fingerprint density at radius 2 is 2.00 bits per heavy atom. The topological polar surface area (TPSA) is 65.9 Å². The SMILES string of the molecule is CCNC(=NCC(C)Oc1cccc(F)c1)NCCc1cccc(O)c1. The highest BCUT2D eigenvalue weighted by Crippen LogP contribution is 2.14. The van der Waals surface area contributed by atoms with Crippen LogP contribution in [-0.4, -0.2) is 36.8 Å². The van der Waals surface area contributed by atoms with Crippen LogP contribution in [0.5, 0.6) is 11.5 Å². The second-order valence-electron chi connectivity index (χ2n) is 5.95. The third-order valence-electron chi connectivity index (χ3n) is 3.60. The van der Waals surface area contributed by atoms with E-state index in [0.29, 0.717) is 24.8 Å². The molecule has 2 aromatic rings. The second kappa shape index (κ2) is 10.3. The van der Waals surface area contributed by atoms with Gasteiger partial charge in [0.1, 0.15) is 23.4 Å². The van der Waals surface area contributed by atoms with Crippen LogP contribution in [0, 0.1) is 5.82 Å². The Hall–Kier alpha value is -2.76. The van der Waals surface area contributed by atoms with Gasteiger partial charge in [0.25, 0.3) is 0 Å². The molecule has 0 spiro atoms. The normalized spacial score (nSPS) is 12.5. The highest BCUT2D eigenvalue weighted by atomic mass is 19.1. The molecule has 26 heavy (non-hydrogen) atoms. The number of hydrogen-bond acceptors (Lipinski definition) is 3. The van der Waals surface area contributed by atoms with Gasteiger partial charge < -0.3 is 20.5 Å². The maximum Gasteiger partial charge on any atom is 0.191 e. The van der Waals surface area contributed by atoms with Crippen molar-refractivity contribution in [3.63, 3.8) is 0 Å². The minimum absolute atomic E-state index is 0.182. The van der Waals surface area contributed by atoms with Gasteiger partial charge in [-0.3, -0.25) is 0 Å². The van der Waals surface area contributed by atoms with Crippen molar-refractivity contribution >= 4 is 5.96 Å². The second-order valence-corrected chi connectivity index (χ2v) is 5.95. The summed E-state index contributed by atoms with van der Waals surface area (Å²) in [6, 6.07) is 13.3. The Labute approximate surface area is 153 Å². The van der Waals surface area contributed by atoms with Crippen LogP contribution in [0.25, 0.3) is 0 Å². The lowest BCUT2D eigenvalue weighted by molar-refractivity contribution is 0.229. The lowest BCUT2D eigenvalue weighted by Gasteiger charge is -2.15.